The summed E-state index contributed by atoms with van der Waals surface area (Å²) in [4.78, 5) is 12.0. The number of ether oxygens (including phenoxy) is 1. The van der Waals surface area contributed by atoms with Gasteiger partial charge in [0.25, 0.3) is 0 Å². The molecule has 5 heteroatoms. The molecule has 110 valence electrons. The van der Waals surface area contributed by atoms with E-state index in [0.717, 1.165) is 25.0 Å². The second-order valence-electron chi connectivity index (χ2n) is 6.13. The van der Waals surface area contributed by atoms with Crippen molar-refractivity contribution in [2.45, 2.75) is 63.5 Å². The summed E-state index contributed by atoms with van der Waals surface area (Å²) in [5.41, 5.74) is 0.845. The second-order valence-corrected chi connectivity index (χ2v) is 6.13. The molecule has 0 bridgehead atoms. The largest absolute Gasteiger partial charge is 0.373 e. The van der Waals surface area contributed by atoms with Crippen LogP contribution in [0.25, 0.3) is 0 Å². The van der Waals surface area contributed by atoms with Crippen LogP contribution in [0.3, 0.4) is 0 Å². The molecule has 1 aromatic heterocycles. The van der Waals surface area contributed by atoms with E-state index < -0.39 is 0 Å². The number of hydrogen-bond acceptors (Lipinski definition) is 4. The van der Waals surface area contributed by atoms with E-state index >= 15 is 0 Å². The molecule has 20 heavy (non-hydrogen) atoms. The van der Waals surface area contributed by atoms with Gasteiger partial charge in [-0.1, -0.05) is 24.4 Å². The molecule has 1 saturated carbocycles. The molecule has 1 unspecified atom stereocenters. The van der Waals surface area contributed by atoms with Gasteiger partial charge in [0.15, 0.2) is 0 Å². The number of carbonyl (C=O) groups excluding carboxylic acids is 1. The van der Waals surface area contributed by atoms with Crippen molar-refractivity contribution in [1.29, 1.82) is 0 Å². The Hall–Kier alpha value is -1.36. The molecule has 1 saturated heterocycles. The third-order valence-electron chi connectivity index (χ3n) is 4.35. The van der Waals surface area contributed by atoms with E-state index in [1.54, 1.807) is 6.07 Å². The van der Waals surface area contributed by atoms with Crippen LogP contribution in [-0.2, 0) is 16.0 Å². The fraction of sp³-hybridized carbons (Fsp3) is 0.733. The van der Waals surface area contributed by atoms with E-state index in [0.29, 0.717) is 12.4 Å². The van der Waals surface area contributed by atoms with Crippen molar-refractivity contribution in [1.82, 2.24) is 10.5 Å². The van der Waals surface area contributed by atoms with Crippen LogP contribution in [-0.4, -0.2) is 29.3 Å². The summed E-state index contributed by atoms with van der Waals surface area (Å²) in [5, 5.41) is 6.85. The highest BCUT2D eigenvalue weighted by atomic mass is 16.5. The first-order chi connectivity index (χ1) is 9.65. The normalized spacial score (nSPS) is 24.9. The molecule has 0 radical (unpaired) electrons. The molecule has 5 nitrogen and oxygen atoms in total. The Morgan fingerprint density at radius 2 is 2.25 bits per heavy atom. The highest BCUT2D eigenvalue weighted by molar-refractivity contribution is 5.78. The number of nitrogens with one attached hydrogen (secondary N) is 1. The molecule has 1 atom stereocenters. The number of rotatable bonds is 3. The van der Waals surface area contributed by atoms with Gasteiger partial charge in [-0.2, -0.15) is 0 Å². The standard InChI is InChI=1S/C15H22N2O3/c1-11-7-13(20-17-11)8-14(18)16-12-9-15(19-10-12)5-3-2-4-6-15/h7,12H,2-6,8-10H2,1H3,(H,16,18). The average Bonchev–Trinajstić information content (AvgIpc) is 2.98. The lowest BCUT2D eigenvalue weighted by molar-refractivity contribution is -0.121. The fourth-order valence-electron chi connectivity index (χ4n) is 3.42. The van der Waals surface area contributed by atoms with Crippen molar-refractivity contribution >= 4 is 5.91 Å². The van der Waals surface area contributed by atoms with Gasteiger partial charge in [0, 0.05) is 6.07 Å². The summed E-state index contributed by atoms with van der Waals surface area (Å²) >= 11 is 0. The van der Waals surface area contributed by atoms with Crippen LogP contribution in [0.2, 0.25) is 0 Å². The smallest absolute Gasteiger partial charge is 0.228 e. The molecule has 1 aromatic rings. The van der Waals surface area contributed by atoms with Gasteiger partial charge in [0.05, 0.1) is 30.4 Å². The minimum absolute atomic E-state index is 0.0115. The third kappa shape index (κ3) is 3.03. The van der Waals surface area contributed by atoms with Crippen molar-refractivity contribution in [3.63, 3.8) is 0 Å². The van der Waals surface area contributed by atoms with Gasteiger partial charge in [-0.15, -0.1) is 0 Å². The lowest BCUT2D eigenvalue weighted by atomic mass is 9.82. The van der Waals surface area contributed by atoms with Crippen molar-refractivity contribution in [2.75, 3.05) is 6.61 Å². The summed E-state index contributed by atoms with van der Waals surface area (Å²) in [7, 11) is 0. The SMILES string of the molecule is Cc1cc(CC(=O)NC2COC3(CCCCC3)C2)on1. The summed E-state index contributed by atoms with van der Waals surface area (Å²) in [6, 6.07) is 1.94. The van der Waals surface area contributed by atoms with Gasteiger partial charge >= 0.3 is 0 Å². The molecule has 0 aromatic carbocycles. The van der Waals surface area contributed by atoms with Crippen LogP contribution < -0.4 is 5.32 Å². The quantitative estimate of drug-likeness (QED) is 0.920. The zero-order valence-corrected chi connectivity index (χ0v) is 12.0. The molecule has 3 rings (SSSR count). The second kappa shape index (κ2) is 5.56. The topological polar surface area (TPSA) is 64.4 Å². The summed E-state index contributed by atoms with van der Waals surface area (Å²) in [5.74, 6) is 0.605. The highest BCUT2D eigenvalue weighted by Gasteiger charge is 2.41. The monoisotopic (exact) mass is 278 g/mol. The van der Waals surface area contributed by atoms with Crippen LogP contribution in [0.5, 0.6) is 0 Å². The Kier molecular flexibility index (Phi) is 3.78. The first-order valence-corrected chi connectivity index (χ1v) is 7.51. The maximum atomic E-state index is 12.0. The Bertz CT molecular complexity index is 477. The van der Waals surface area contributed by atoms with Gasteiger partial charge in [-0.3, -0.25) is 4.79 Å². The molecule has 2 heterocycles. The average molecular weight is 278 g/mol. The Labute approximate surface area is 119 Å². The lowest BCUT2D eigenvalue weighted by Gasteiger charge is -2.32. The maximum Gasteiger partial charge on any atom is 0.228 e. The summed E-state index contributed by atoms with van der Waals surface area (Å²) < 4.78 is 11.1. The van der Waals surface area contributed by atoms with Gasteiger partial charge in [-0.25, -0.2) is 0 Å². The van der Waals surface area contributed by atoms with Crippen LogP contribution in [0.1, 0.15) is 50.0 Å². The predicted octanol–water partition coefficient (Wildman–Crippen LogP) is 2.13. The van der Waals surface area contributed by atoms with Crippen molar-refractivity contribution in [3.05, 3.63) is 17.5 Å². The third-order valence-corrected chi connectivity index (χ3v) is 4.35. The van der Waals surface area contributed by atoms with Gasteiger partial charge in [-0.05, 0) is 26.2 Å². The van der Waals surface area contributed by atoms with Crippen LogP contribution in [0.15, 0.2) is 10.6 Å². The maximum absolute atomic E-state index is 12.0. The number of nitrogens with zero attached hydrogens (tertiary/aromatic N) is 1. The molecule has 1 amide bonds. The van der Waals surface area contributed by atoms with Gasteiger partial charge in [0.1, 0.15) is 5.76 Å². The van der Waals surface area contributed by atoms with Crippen LogP contribution >= 0.6 is 0 Å². The minimum atomic E-state index is -0.0115. The Morgan fingerprint density at radius 1 is 1.45 bits per heavy atom. The van der Waals surface area contributed by atoms with E-state index in [1.165, 1.54) is 19.3 Å². The summed E-state index contributed by atoms with van der Waals surface area (Å²) in [6.45, 7) is 2.49. The molecular formula is C15H22N2O3. The summed E-state index contributed by atoms with van der Waals surface area (Å²) in [6.07, 6.45) is 7.29. The Morgan fingerprint density at radius 3 is 2.95 bits per heavy atom. The van der Waals surface area contributed by atoms with Gasteiger partial charge in [0.2, 0.25) is 5.91 Å². The first-order valence-electron chi connectivity index (χ1n) is 7.51. The molecule has 1 spiro atoms. The molecule has 1 aliphatic carbocycles. The number of hydrogen-bond donors (Lipinski definition) is 1. The van der Waals surface area contributed by atoms with E-state index in [1.807, 2.05) is 6.92 Å². The van der Waals surface area contributed by atoms with Gasteiger partial charge < -0.3 is 14.6 Å². The first kappa shape index (κ1) is 13.6. The fourth-order valence-corrected chi connectivity index (χ4v) is 3.42. The zero-order valence-electron chi connectivity index (χ0n) is 12.0. The van der Waals surface area contributed by atoms with Crippen LogP contribution in [0, 0.1) is 6.92 Å². The van der Waals surface area contributed by atoms with E-state index in [-0.39, 0.29) is 24.0 Å². The highest BCUT2D eigenvalue weighted by Crippen LogP contribution is 2.39. The van der Waals surface area contributed by atoms with Crippen molar-refractivity contribution in [2.24, 2.45) is 0 Å². The number of amides is 1. The van der Waals surface area contributed by atoms with E-state index in [9.17, 15) is 4.79 Å². The number of aryl methyl sites for hydroxylation is 1. The number of carbonyl (C=O) groups is 1. The van der Waals surface area contributed by atoms with E-state index in [4.69, 9.17) is 9.26 Å². The Balaban J connectivity index is 1.50. The molecule has 1 N–H and O–H groups in total. The lowest BCUT2D eigenvalue weighted by Crippen LogP contribution is -2.38. The molecule has 1 aliphatic heterocycles. The van der Waals surface area contributed by atoms with E-state index in [2.05, 4.69) is 10.5 Å². The zero-order chi connectivity index (χ0) is 14.0. The van der Waals surface area contributed by atoms with Crippen LogP contribution in [0.4, 0.5) is 0 Å². The predicted molar refractivity (Wildman–Crippen MR) is 73.3 cm³/mol. The molecule has 2 aliphatic rings. The molecule has 2 fully saturated rings. The molecular weight excluding hydrogens is 256 g/mol. The van der Waals surface area contributed by atoms with Crippen molar-refractivity contribution < 1.29 is 14.1 Å². The minimum Gasteiger partial charge on any atom is -0.373 e. The number of aromatic nitrogens is 1. The van der Waals surface area contributed by atoms with Crippen molar-refractivity contribution in [3.8, 4) is 0 Å².